The minimum Gasteiger partial charge on any atom is -0.478 e. The molecule has 1 aromatic carbocycles. The van der Waals surface area contributed by atoms with Gasteiger partial charge >= 0.3 is 5.97 Å². The Kier molecular flexibility index (Phi) is 4.35. The van der Waals surface area contributed by atoms with Crippen molar-refractivity contribution < 1.29 is 14.3 Å². The molecule has 0 aliphatic heterocycles. The van der Waals surface area contributed by atoms with Crippen LogP contribution in [0.25, 0.3) is 5.57 Å². The SMILES string of the molecule is CC=C(C(=O)O)c1ccc(C2CCCCC2)c(F)c1. The summed E-state index contributed by atoms with van der Waals surface area (Å²) in [4.78, 5) is 11.0. The van der Waals surface area contributed by atoms with Crippen LogP contribution in [0.3, 0.4) is 0 Å². The molecule has 0 amide bonds. The van der Waals surface area contributed by atoms with Crippen molar-refractivity contribution in [3.8, 4) is 0 Å². The second-order valence-corrected chi connectivity index (χ2v) is 5.08. The Bertz CT molecular complexity index is 499. The standard InChI is InChI=1S/C16H19FO2/c1-2-13(16(18)19)12-8-9-14(15(17)10-12)11-6-4-3-5-7-11/h2,8-11H,3-7H2,1H3,(H,18,19). The zero-order chi connectivity index (χ0) is 13.8. The molecule has 19 heavy (non-hydrogen) atoms. The molecular weight excluding hydrogens is 243 g/mol. The van der Waals surface area contributed by atoms with Gasteiger partial charge in [-0.3, -0.25) is 0 Å². The van der Waals surface area contributed by atoms with Gasteiger partial charge in [-0.2, -0.15) is 0 Å². The van der Waals surface area contributed by atoms with E-state index < -0.39 is 5.97 Å². The topological polar surface area (TPSA) is 37.3 Å². The first-order chi connectivity index (χ1) is 9.13. The van der Waals surface area contributed by atoms with Crippen LogP contribution in [0.2, 0.25) is 0 Å². The molecule has 0 spiro atoms. The molecule has 0 heterocycles. The fraction of sp³-hybridized carbons (Fsp3) is 0.438. The van der Waals surface area contributed by atoms with E-state index in [0.29, 0.717) is 11.5 Å². The molecule has 0 saturated heterocycles. The molecule has 2 rings (SSSR count). The second-order valence-electron chi connectivity index (χ2n) is 5.08. The van der Waals surface area contributed by atoms with Gasteiger partial charge in [0.15, 0.2) is 0 Å². The molecule has 2 nitrogen and oxygen atoms in total. The van der Waals surface area contributed by atoms with Crippen LogP contribution in [0.5, 0.6) is 0 Å². The Morgan fingerprint density at radius 2 is 2.00 bits per heavy atom. The number of carbonyl (C=O) groups is 1. The van der Waals surface area contributed by atoms with Gasteiger partial charge in [0.25, 0.3) is 0 Å². The van der Waals surface area contributed by atoms with Crippen molar-refractivity contribution in [2.45, 2.75) is 44.9 Å². The molecule has 3 heteroatoms. The van der Waals surface area contributed by atoms with E-state index in [1.807, 2.05) is 0 Å². The molecule has 1 aromatic rings. The normalized spacial score (nSPS) is 17.5. The van der Waals surface area contributed by atoms with Crippen LogP contribution in [0.15, 0.2) is 24.3 Å². The van der Waals surface area contributed by atoms with Gasteiger partial charge in [0, 0.05) is 0 Å². The highest BCUT2D eigenvalue weighted by Crippen LogP contribution is 2.34. The lowest BCUT2D eigenvalue weighted by Gasteiger charge is -2.22. The summed E-state index contributed by atoms with van der Waals surface area (Å²) >= 11 is 0. The number of rotatable bonds is 3. The maximum atomic E-state index is 14.2. The molecule has 0 unspecified atom stereocenters. The number of carboxylic acid groups (broad SMARTS) is 1. The van der Waals surface area contributed by atoms with Crippen molar-refractivity contribution in [2.75, 3.05) is 0 Å². The molecule has 0 radical (unpaired) electrons. The van der Waals surface area contributed by atoms with Crippen LogP contribution < -0.4 is 0 Å². The summed E-state index contributed by atoms with van der Waals surface area (Å²) in [5.41, 5.74) is 1.32. The number of hydrogen-bond acceptors (Lipinski definition) is 1. The van der Waals surface area contributed by atoms with E-state index >= 15 is 0 Å². The average molecular weight is 262 g/mol. The molecule has 0 atom stereocenters. The zero-order valence-electron chi connectivity index (χ0n) is 11.2. The molecule has 1 aliphatic rings. The van der Waals surface area contributed by atoms with Gasteiger partial charge in [0.2, 0.25) is 0 Å². The first-order valence-corrected chi connectivity index (χ1v) is 6.83. The van der Waals surface area contributed by atoms with Gasteiger partial charge in [-0.05, 0) is 42.9 Å². The third-order valence-corrected chi connectivity index (χ3v) is 3.88. The molecule has 102 valence electrons. The van der Waals surface area contributed by atoms with Crippen molar-refractivity contribution in [3.05, 3.63) is 41.2 Å². The van der Waals surface area contributed by atoms with Gasteiger partial charge in [0.05, 0.1) is 5.57 Å². The lowest BCUT2D eigenvalue weighted by molar-refractivity contribution is -0.130. The van der Waals surface area contributed by atoms with Crippen LogP contribution in [0, 0.1) is 5.82 Å². The van der Waals surface area contributed by atoms with E-state index in [2.05, 4.69) is 0 Å². The summed E-state index contributed by atoms with van der Waals surface area (Å²) in [6.07, 6.45) is 7.11. The van der Waals surface area contributed by atoms with Crippen LogP contribution in [-0.4, -0.2) is 11.1 Å². The Hall–Kier alpha value is -1.64. The summed E-state index contributed by atoms with van der Waals surface area (Å²) in [5.74, 6) is -1.00. The van der Waals surface area contributed by atoms with Crippen molar-refractivity contribution >= 4 is 11.5 Å². The number of aliphatic carboxylic acids is 1. The smallest absolute Gasteiger partial charge is 0.335 e. The molecule has 1 fully saturated rings. The average Bonchev–Trinajstić information content (AvgIpc) is 2.40. The molecule has 0 bridgehead atoms. The maximum Gasteiger partial charge on any atom is 0.335 e. The third-order valence-electron chi connectivity index (χ3n) is 3.88. The summed E-state index contributed by atoms with van der Waals surface area (Å²) < 4.78 is 14.2. The lowest BCUT2D eigenvalue weighted by Crippen LogP contribution is -2.07. The summed E-state index contributed by atoms with van der Waals surface area (Å²) in [6.45, 7) is 1.65. The van der Waals surface area contributed by atoms with Crippen molar-refractivity contribution in [1.29, 1.82) is 0 Å². The van der Waals surface area contributed by atoms with Gasteiger partial charge in [-0.1, -0.05) is 37.5 Å². The van der Waals surface area contributed by atoms with Crippen molar-refractivity contribution in [1.82, 2.24) is 0 Å². The predicted octanol–water partition coefficient (Wildman–Crippen LogP) is 4.36. The molecule has 1 N–H and O–H groups in total. The van der Waals surface area contributed by atoms with Gasteiger partial charge in [0.1, 0.15) is 5.82 Å². The van der Waals surface area contributed by atoms with E-state index in [1.165, 1.54) is 18.6 Å². The van der Waals surface area contributed by atoms with Crippen LogP contribution >= 0.6 is 0 Å². The quantitative estimate of drug-likeness (QED) is 0.822. The van der Waals surface area contributed by atoms with Crippen molar-refractivity contribution in [3.63, 3.8) is 0 Å². The minimum atomic E-state index is -1.02. The monoisotopic (exact) mass is 262 g/mol. The number of halogens is 1. The molecular formula is C16H19FO2. The number of benzene rings is 1. The van der Waals surface area contributed by atoms with Crippen LogP contribution in [-0.2, 0) is 4.79 Å². The molecule has 1 aliphatic carbocycles. The van der Waals surface area contributed by atoms with E-state index in [-0.39, 0.29) is 11.4 Å². The summed E-state index contributed by atoms with van der Waals surface area (Å²) in [5, 5.41) is 9.04. The maximum absolute atomic E-state index is 14.2. The predicted molar refractivity (Wildman–Crippen MR) is 73.5 cm³/mol. The Morgan fingerprint density at radius 1 is 1.32 bits per heavy atom. The van der Waals surface area contributed by atoms with E-state index in [1.54, 1.807) is 19.1 Å². The van der Waals surface area contributed by atoms with E-state index in [9.17, 15) is 9.18 Å². The highest BCUT2D eigenvalue weighted by Gasteiger charge is 2.20. The number of carboxylic acids is 1. The number of allylic oxidation sites excluding steroid dienone is 1. The summed E-state index contributed by atoms with van der Waals surface area (Å²) in [7, 11) is 0. The highest BCUT2D eigenvalue weighted by atomic mass is 19.1. The Balaban J connectivity index is 2.28. The molecule has 0 aromatic heterocycles. The van der Waals surface area contributed by atoms with E-state index in [0.717, 1.165) is 31.2 Å². The first-order valence-electron chi connectivity index (χ1n) is 6.83. The van der Waals surface area contributed by atoms with Crippen molar-refractivity contribution in [2.24, 2.45) is 0 Å². The third kappa shape index (κ3) is 3.03. The fourth-order valence-corrected chi connectivity index (χ4v) is 2.85. The zero-order valence-corrected chi connectivity index (χ0v) is 11.2. The van der Waals surface area contributed by atoms with Gasteiger partial charge in [-0.15, -0.1) is 0 Å². The highest BCUT2D eigenvalue weighted by molar-refractivity contribution is 6.15. The van der Waals surface area contributed by atoms with E-state index in [4.69, 9.17) is 5.11 Å². The Morgan fingerprint density at radius 3 is 2.53 bits per heavy atom. The second kappa shape index (κ2) is 6.00. The largest absolute Gasteiger partial charge is 0.478 e. The van der Waals surface area contributed by atoms with Crippen LogP contribution in [0.4, 0.5) is 4.39 Å². The van der Waals surface area contributed by atoms with Gasteiger partial charge < -0.3 is 5.11 Å². The first kappa shape index (κ1) is 13.8. The number of hydrogen-bond donors (Lipinski definition) is 1. The van der Waals surface area contributed by atoms with Crippen LogP contribution in [0.1, 0.15) is 56.1 Å². The fourth-order valence-electron chi connectivity index (χ4n) is 2.85. The summed E-state index contributed by atoms with van der Waals surface area (Å²) in [6, 6.07) is 4.83. The van der Waals surface area contributed by atoms with Gasteiger partial charge in [-0.25, -0.2) is 9.18 Å². The lowest BCUT2D eigenvalue weighted by atomic mass is 9.83. The molecule has 1 saturated carbocycles. The minimum absolute atomic E-state index is 0.147. The Labute approximate surface area is 113 Å².